The summed E-state index contributed by atoms with van der Waals surface area (Å²) in [6.07, 6.45) is 5.43. The van der Waals surface area contributed by atoms with Gasteiger partial charge in [0.15, 0.2) is 0 Å². The number of rotatable bonds is 5. The maximum atomic E-state index is 12.2. The molecule has 0 N–H and O–H groups in total. The number of ether oxygens (including phenoxy) is 1. The first-order valence-electron chi connectivity index (χ1n) is 9.32. The summed E-state index contributed by atoms with van der Waals surface area (Å²) in [6.45, 7) is 2.58. The quantitative estimate of drug-likeness (QED) is 0.777. The van der Waals surface area contributed by atoms with Crippen LogP contribution in [0.2, 0.25) is 0 Å². The first kappa shape index (κ1) is 16.3. The van der Waals surface area contributed by atoms with Crippen molar-refractivity contribution in [3.8, 4) is 0 Å². The first-order valence-corrected chi connectivity index (χ1v) is 9.32. The molecule has 130 valence electrons. The van der Waals surface area contributed by atoms with Crippen LogP contribution in [-0.4, -0.2) is 23.5 Å². The molecule has 1 fully saturated rings. The summed E-state index contributed by atoms with van der Waals surface area (Å²) >= 11 is 0. The van der Waals surface area contributed by atoms with Crippen LogP contribution in [0.25, 0.3) is 0 Å². The molecule has 1 aliphatic carbocycles. The van der Waals surface area contributed by atoms with Gasteiger partial charge in [-0.05, 0) is 54.5 Å². The second-order valence-corrected chi connectivity index (χ2v) is 7.23. The SMILES string of the molecule is O=C(Cc1ccc2c(c1)CN(C1CC1)CCC2)OCc1ccccc1. The van der Waals surface area contributed by atoms with Crippen molar-refractivity contribution in [2.75, 3.05) is 6.54 Å². The zero-order valence-electron chi connectivity index (χ0n) is 14.6. The zero-order chi connectivity index (χ0) is 17.1. The van der Waals surface area contributed by atoms with E-state index in [1.54, 1.807) is 0 Å². The zero-order valence-corrected chi connectivity index (χ0v) is 14.6. The Balaban J connectivity index is 1.38. The number of carbonyl (C=O) groups is 1. The van der Waals surface area contributed by atoms with Gasteiger partial charge in [-0.25, -0.2) is 0 Å². The van der Waals surface area contributed by atoms with Gasteiger partial charge in [-0.2, -0.15) is 0 Å². The molecular formula is C22H25NO2. The van der Waals surface area contributed by atoms with Crippen LogP contribution < -0.4 is 0 Å². The third-order valence-electron chi connectivity index (χ3n) is 5.19. The molecule has 2 aromatic carbocycles. The van der Waals surface area contributed by atoms with Crippen LogP contribution in [0.4, 0.5) is 0 Å². The second kappa shape index (κ2) is 7.40. The van der Waals surface area contributed by atoms with Gasteiger partial charge in [0.25, 0.3) is 0 Å². The molecule has 2 aromatic rings. The third kappa shape index (κ3) is 4.29. The minimum Gasteiger partial charge on any atom is -0.461 e. The molecule has 2 aliphatic rings. The van der Waals surface area contributed by atoms with Crippen LogP contribution in [0.3, 0.4) is 0 Å². The highest BCUT2D eigenvalue weighted by Crippen LogP contribution is 2.31. The Kier molecular flexibility index (Phi) is 4.84. The lowest BCUT2D eigenvalue weighted by Gasteiger charge is -2.19. The van der Waals surface area contributed by atoms with E-state index in [0.29, 0.717) is 13.0 Å². The van der Waals surface area contributed by atoms with Gasteiger partial charge in [0.1, 0.15) is 6.61 Å². The molecule has 4 rings (SSSR count). The predicted octanol–water partition coefficient (Wildman–Crippen LogP) is 3.88. The van der Waals surface area contributed by atoms with E-state index in [-0.39, 0.29) is 5.97 Å². The van der Waals surface area contributed by atoms with E-state index in [9.17, 15) is 4.79 Å². The van der Waals surface area contributed by atoms with Gasteiger partial charge in [0, 0.05) is 12.6 Å². The molecule has 0 bridgehead atoms. The average Bonchev–Trinajstić information content (AvgIpc) is 3.47. The number of nitrogens with zero attached hydrogens (tertiary/aromatic N) is 1. The van der Waals surface area contributed by atoms with Crippen molar-refractivity contribution in [1.29, 1.82) is 0 Å². The van der Waals surface area contributed by atoms with Crippen LogP contribution in [-0.2, 0) is 35.5 Å². The lowest BCUT2D eigenvalue weighted by molar-refractivity contribution is -0.144. The van der Waals surface area contributed by atoms with Gasteiger partial charge in [-0.15, -0.1) is 0 Å². The molecule has 3 heteroatoms. The minimum absolute atomic E-state index is 0.156. The van der Waals surface area contributed by atoms with Gasteiger partial charge >= 0.3 is 5.97 Å². The number of hydrogen-bond donors (Lipinski definition) is 0. The summed E-state index contributed by atoms with van der Waals surface area (Å²) in [6, 6.07) is 17.2. The summed E-state index contributed by atoms with van der Waals surface area (Å²) < 4.78 is 5.42. The molecule has 1 aliphatic heterocycles. The predicted molar refractivity (Wildman–Crippen MR) is 98.1 cm³/mol. The highest BCUT2D eigenvalue weighted by atomic mass is 16.5. The van der Waals surface area contributed by atoms with Crippen molar-refractivity contribution in [1.82, 2.24) is 4.90 Å². The maximum Gasteiger partial charge on any atom is 0.310 e. The third-order valence-corrected chi connectivity index (χ3v) is 5.19. The van der Waals surface area contributed by atoms with Crippen LogP contribution in [0.15, 0.2) is 48.5 Å². The van der Waals surface area contributed by atoms with Gasteiger partial charge in [-0.3, -0.25) is 9.69 Å². The maximum absolute atomic E-state index is 12.2. The number of esters is 1. The highest BCUT2D eigenvalue weighted by Gasteiger charge is 2.30. The van der Waals surface area contributed by atoms with Gasteiger partial charge in [0.2, 0.25) is 0 Å². The fourth-order valence-electron chi connectivity index (χ4n) is 3.66. The molecule has 1 heterocycles. The number of benzene rings is 2. The normalized spacial score (nSPS) is 17.6. The monoisotopic (exact) mass is 335 g/mol. The molecule has 3 nitrogen and oxygen atoms in total. The topological polar surface area (TPSA) is 29.5 Å². The van der Waals surface area contributed by atoms with Crippen molar-refractivity contribution < 1.29 is 9.53 Å². The lowest BCUT2D eigenvalue weighted by atomic mass is 10.00. The smallest absolute Gasteiger partial charge is 0.310 e. The summed E-state index contributed by atoms with van der Waals surface area (Å²) in [5.74, 6) is -0.156. The standard InChI is InChI=1S/C22H25NO2/c24-22(25-16-17-5-2-1-3-6-17)14-18-8-9-19-7-4-12-23(21-10-11-21)15-20(19)13-18/h1-3,5-6,8-9,13,21H,4,7,10-12,14-16H2. The summed E-state index contributed by atoms with van der Waals surface area (Å²) in [5.41, 5.74) is 4.94. The fraction of sp³-hybridized carbons (Fsp3) is 0.409. The number of aryl methyl sites for hydroxylation is 1. The van der Waals surface area contributed by atoms with Crippen LogP contribution in [0.1, 0.15) is 41.5 Å². The fourth-order valence-corrected chi connectivity index (χ4v) is 3.66. The number of hydrogen-bond acceptors (Lipinski definition) is 3. The lowest BCUT2D eigenvalue weighted by Crippen LogP contribution is -2.25. The van der Waals surface area contributed by atoms with E-state index in [1.165, 1.54) is 36.9 Å². The second-order valence-electron chi connectivity index (χ2n) is 7.23. The Morgan fingerprint density at radius 2 is 1.88 bits per heavy atom. The highest BCUT2D eigenvalue weighted by molar-refractivity contribution is 5.72. The Bertz CT molecular complexity index is 737. The van der Waals surface area contributed by atoms with Crippen molar-refractivity contribution in [3.05, 3.63) is 70.8 Å². The van der Waals surface area contributed by atoms with E-state index in [1.807, 2.05) is 30.3 Å². The summed E-state index contributed by atoms with van der Waals surface area (Å²) in [5, 5.41) is 0. The Morgan fingerprint density at radius 3 is 2.68 bits per heavy atom. The molecule has 0 radical (unpaired) electrons. The van der Waals surface area contributed by atoms with E-state index in [2.05, 4.69) is 23.1 Å². The van der Waals surface area contributed by atoms with E-state index in [4.69, 9.17) is 4.74 Å². The molecule has 0 unspecified atom stereocenters. The van der Waals surface area contributed by atoms with Crippen LogP contribution in [0.5, 0.6) is 0 Å². The van der Waals surface area contributed by atoms with E-state index in [0.717, 1.165) is 30.1 Å². The van der Waals surface area contributed by atoms with Crippen LogP contribution in [0, 0.1) is 0 Å². The van der Waals surface area contributed by atoms with Crippen molar-refractivity contribution in [2.45, 2.75) is 51.3 Å². The van der Waals surface area contributed by atoms with Crippen LogP contribution >= 0.6 is 0 Å². The molecule has 0 aromatic heterocycles. The first-order chi connectivity index (χ1) is 12.3. The Morgan fingerprint density at radius 1 is 1.04 bits per heavy atom. The molecule has 0 atom stereocenters. The summed E-state index contributed by atoms with van der Waals surface area (Å²) in [4.78, 5) is 14.8. The summed E-state index contributed by atoms with van der Waals surface area (Å²) in [7, 11) is 0. The largest absolute Gasteiger partial charge is 0.461 e. The number of fused-ring (bicyclic) bond motifs is 1. The Labute approximate surface area is 149 Å². The Hall–Kier alpha value is -2.13. The molecular weight excluding hydrogens is 310 g/mol. The molecule has 25 heavy (non-hydrogen) atoms. The van der Waals surface area contributed by atoms with Gasteiger partial charge < -0.3 is 4.74 Å². The van der Waals surface area contributed by atoms with E-state index >= 15 is 0 Å². The molecule has 0 spiro atoms. The van der Waals surface area contributed by atoms with Crippen molar-refractivity contribution in [2.24, 2.45) is 0 Å². The molecule has 0 amide bonds. The van der Waals surface area contributed by atoms with E-state index < -0.39 is 0 Å². The molecule has 1 saturated carbocycles. The molecule has 0 saturated heterocycles. The van der Waals surface area contributed by atoms with Crippen molar-refractivity contribution >= 4 is 5.97 Å². The van der Waals surface area contributed by atoms with Gasteiger partial charge in [-0.1, -0.05) is 48.5 Å². The van der Waals surface area contributed by atoms with Gasteiger partial charge in [0.05, 0.1) is 6.42 Å². The minimum atomic E-state index is -0.156. The van der Waals surface area contributed by atoms with Crippen molar-refractivity contribution in [3.63, 3.8) is 0 Å². The number of carbonyl (C=O) groups excluding carboxylic acids is 1. The average molecular weight is 335 g/mol.